The number of phenolic OH excluding ortho intramolecular Hbond substituents is 1. The van der Waals surface area contributed by atoms with Gasteiger partial charge in [-0.3, -0.25) is 0 Å². The Morgan fingerprint density at radius 2 is 1.90 bits per heavy atom. The van der Waals surface area contributed by atoms with Gasteiger partial charge in [-0.1, -0.05) is 25.0 Å². The molecule has 0 bridgehead atoms. The van der Waals surface area contributed by atoms with Crippen LogP contribution in [0.1, 0.15) is 38.5 Å². The standard InChI is InChI=1S/C22H28BrN5O/c23-18-16-25-28-21(24-11-5-1-6-12-27-13-7-2-8-14-27)15-19(26-22(18)28)17-9-3-4-10-20(17)29/h3-4,9-10,15-16,24,29H,1-2,5-8,11-14H2. The molecule has 0 atom stereocenters. The molecule has 2 aromatic heterocycles. The van der Waals surface area contributed by atoms with E-state index in [9.17, 15) is 5.11 Å². The number of para-hydroxylation sites is 1. The van der Waals surface area contributed by atoms with Crippen molar-refractivity contribution in [2.45, 2.75) is 38.5 Å². The van der Waals surface area contributed by atoms with Crippen molar-refractivity contribution in [3.05, 3.63) is 41.0 Å². The second-order valence-corrected chi connectivity index (χ2v) is 8.52. The Balaban J connectivity index is 1.39. The molecule has 0 unspecified atom stereocenters. The Kier molecular flexibility index (Phi) is 6.67. The van der Waals surface area contributed by atoms with Crippen LogP contribution in [0.25, 0.3) is 16.9 Å². The summed E-state index contributed by atoms with van der Waals surface area (Å²) in [5.41, 5.74) is 2.18. The summed E-state index contributed by atoms with van der Waals surface area (Å²) in [6.07, 6.45) is 9.45. The first-order valence-electron chi connectivity index (χ1n) is 10.5. The maximum absolute atomic E-state index is 10.2. The van der Waals surface area contributed by atoms with Crippen LogP contribution in [0.4, 0.5) is 5.82 Å². The minimum absolute atomic E-state index is 0.226. The summed E-state index contributed by atoms with van der Waals surface area (Å²) in [7, 11) is 0. The molecular formula is C22H28BrN5O. The Labute approximate surface area is 180 Å². The zero-order valence-electron chi connectivity index (χ0n) is 16.6. The minimum Gasteiger partial charge on any atom is -0.507 e. The molecule has 0 aliphatic carbocycles. The molecule has 1 fully saturated rings. The zero-order valence-corrected chi connectivity index (χ0v) is 18.2. The number of hydrogen-bond acceptors (Lipinski definition) is 5. The third kappa shape index (κ3) is 4.90. The number of nitrogens with one attached hydrogen (secondary N) is 1. The summed E-state index contributed by atoms with van der Waals surface area (Å²) in [5.74, 6) is 1.11. The summed E-state index contributed by atoms with van der Waals surface area (Å²) in [4.78, 5) is 7.28. The monoisotopic (exact) mass is 457 g/mol. The van der Waals surface area contributed by atoms with E-state index in [1.54, 1.807) is 16.8 Å². The van der Waals surface area contributed by atoms with Crippen molar-refractivity contribution in [3.63, 3.8) is 0 Å². The molecule has 4 rings (SSSR count). The van der Waals surface area contributed by atoms with Gasteiger partial charge in [0.2, 0.25) is 0 Å². The fourth-order valence-electron chi connectivity index (χ4n) is 3.93. The van der Waals surface area contributed by atoms with Gasteiger partial charge in [0.05, 0.1) is 16.4 Å². The van der Waals surface area contributed by atoms with Gasteiger partial charge in [-0.05, 0) is 73.4 Å². The number of piperidine rings is 1. The molecule has 154 valence electrons. The Hall–Kier alpha value is -2.12. The number of aromatic hydroxyl groups is 1. The van der Waals surface area contributed by atoms with Crippen molar-refractivity contribution in [1.82, 2.24) is 19.5 Å². The lowest BCUT2D eigenvalue weighted by molar-refractivity contribution is 0.224. The number of anilines is 1. The van der Waals surface area contributed by atoms with Gasteiger partial charge in [-0.25, -0.2) is 4.98 Å². The first kappa shape index (κ1) is 20.2. The van der Waals surface area contributed by atoms with Crippen LogP contribution in [-0.4, -0.2) is 50.8 Å². The molecule has 3 heterocycles. The van der Waals surface area contributed by atoms with Gasteiger partial charge < -0.3 is 15.3 Å². The maximum atomic E-state index is 10.2. The van der Waals surface area contributed by atoms with E-state index in [4.69, 9.17) is 0 Å². The predicted octanol–water partition coefficient (Wildman–Crippen LogP) is 4.93. The molecule has 7 heteroatoms. The second-order valence-electron chi connectivity index (χ2n) is 7.66. The minimum atomic E-state index is 0.226. The van der Waals surface area contributed by atoms with E-state index < -0.39 is 0 Å². The van der Waals surface area contributed by atoms with Gasteiger partial charge in [0, 0.05) is 18.2 Å². The third-order valence-electron chi connectivity index (χ3n) is 5.51. The smallest absolute Gasteiger partial charge is 0.172 e. The van der Waals surface area contributed by atoms with E-state index in [0.717, 1.165) is 34.6 Å². The summed E-state index contributed by atoms with van der Waals surface area (Å²) in [6.45, 7) is 4.66. The van der Waals surface area contributed by atoms with Crippen molar-refractivity contribution in [1.29, 1.82) is 0 Å². The number of nitrogens with zero attached hydrogens (tertiary/aromatic N) is 4. The van der Waals surface area contributed by atoms with Crippen LogP contribution in [0.2, 0.25) is 0 Å². The lowest BCUT2D eigenvalue weighted by Crippen LogP contribution is -2.30. The fourth-order valence-corrected chi connectivity index (χ4v) is 4.28. The van der Waals surface area contributed by atoms with Crippen molar-refractivity contribution in [2.75, 3.05) is 31.5 Å². The molecule has 1 aliphatic heterocycles. The number of aromatic nitrogens is 3. The van der Waals surface area contributed by atoms with Crippen molar-refractivity contribution in [2.24, 2.45) is 0 Å². The molecule has 2 N–H and O–H groups in total. The summed E-state index contributed by atoms with van der Waals surface area (Å²) in [6, 6.07) is 9.23. The average Bonchev–Trinajstić information content (AvgIpc) is 3.12. The highest BCUT2D eigenvalue weighted by molar-refractivity contribution is 9.10. The molecular weight excluding hydrogens is 430 g/mol. The molecule has 0 amide bonds. The number of benzene rings is 1. The summed E-state index contributed by atoms with van der Waals surface area (Å²) in [5, 5.41) is 18.2. The van der Waals surface area contributed by atoms with E-state index in [2.05, 4.69) is 36.2 Å². The molecule has 3 aromatic rings. The van der Waals surface area contributed by atoms with Crippen molar-refractivity contribution >= 4 is 27.4 Å². The summed E-state index contributed by atoms with van der Waals surface area (Å²) < 4.78 is 2.64. The maximum Gasteiger partial charge on any atom is 0.172 e. The largest absolute Gasteiger partial charge is 0.507 e. The van der Waals surface area contributed by atoms with E-state index in [-0.39, 0.29) is 5.75 Å². The quantitative estimate of drug-likeness (QED) is 0.469. The SMILES string of the molecule is Oc1ccccc1-c1cc(NCCCCCN2CCCCC2)n2ncc(Br)c2n1. The zero-order chi connectivity index (χ0) is 20.1. The van der Waals surface area contributed by atoms with Crippen LogP contribution >= 0.6 is 15.9 Å². The van der Waals surface area contributed by atoms with E-state index in [0.29, 0.717) is 5.56 Å². The third-order valence-corrected chi connectivity index (χ3v) is 6.07. The van der Waals surface area contributed by atoms with E-state index >= 15 is 0 Å². The molecule has 1 aliphatic rings. The summed E-state index contributed by atoms with van der Waals surface area (Å²) >= 11 is 3.53. The number of halogens is 1. The van der Waals surface area contributed by atoms with Crippen LogP contribution in [0.5, 0.6) is 5.75 Å². The first-order valence-corrected chi connectivity index (χ1v) is 11.3. The van der Waals surface area contributed by atoms with Crippen LogP contribution in [-0.2, 0) is 0 Å². The van der Waals surface area contributed by atoms with Crippen molar-refractivity contribution in [3.8, 4) is 17.0 Å². The van der Waals surface area contributed by atoms with Gasteiger partial charge in [-0.15, -0.1) is 0 Å². The topological polar surface area (TPSA) is 65.7 Å². The first-order chi connectivity index (χ1) is 14.2. The molecule has 0 radical (unpaired) electrons. The molecule has 0 saturated carbocycles. The Morgan fingerprint density at radius 1 is 1.07 bits per heavy atom. The van der Waals surface area contributed by atoms with Crippen LogP contribution in [0.3, 0.4) is 0 Å². The van der Waals surface area contributed by atoms with E-state index in [1.165, 1.54) is 51.7 Å². The highest BCUT2D eigenvalue weighted by Crippen LogP contribution is 2.31. The van der Waals surface area contributed by atoms with Crippen LogP contribution in [0, 0.1) is 0 Å². The van der Waals surface area contributed by atoms with Gasteiger partial charge in [0.15, 0.2) is 5.65 Å². The fraction of sp³-hybridized carbons (Fsp3) is 0.455. The number of likely N-dealkylation sites (tertiary alicyclic amines) is 1. The van der Waals surface area contributed by atoms with Gasteiger partial charge in [0.25, 0.3) is 0 Å². The lowest BCUT2D eigenvalue weighted by Gasteiger charge is -2.26. The Morgan fingerprint density at radius 3 is 2.72 bits per heavy atom. The highest BCUT2D eigenvalue weighted by atomic mass is 79.9. The Bertz CT molecular complexity index is 952. The average molecular weight is 458 g/mol. The molecule has 29 heavy (non-hydrogen) atoms. The number of fused-ring (bicyclic) bond motifs is 1. The number of hydrogen-bond donors (Lipinski definition) is 2. The van der Waals surface area contributed by atoms with Crippen molar-refractivity contribution < 1.29 is 5.11 Å². The second kappa shape index (κ2) is 9.59. The predicted molar refractivity (Wildman–Crippen MR) is 120 cm³/mol. The van der Waals surface area contributed by atoms with Gasteiger partial charge in [-0.2, -0.15) is 9.61 Å². The molecule has 1 saturated heterocycles. The number of unbranched alkanes of at least 4 members (excludes halogenated alkanes) is 2. The van der Waals surface area contributed by atoms with Crippen LogP contribution in [0.15, 0.2) is 41.0 Å². The number of rotatable bonds is 8. The molecule has 0 spiro atoms. The van der Waals surface area contributed by atoms with Crippen LogP contribution < -0.4 is 5.32 Å². The normalized spacial score (nSPS) is 15.1. The van der Waals surface area contributed by atoms with Gasteiger partial charge >= 0.3 is 0 Å². The molecule has 6 nitrogen and oxygen atoms in total. The lowest BCUT2D eigenvalue weighted by atomic mass is 10.1. The van der Waals surface area contributed by atoms with Gasteiger partial charge in [0.1, 0.15) is 11.6 Å². The highest BCUT2D eigenvalue weighted by Gasteiger charge is 2.13. The van der Waals surface area contributed by atoms with E-state index in [1.807, 2.05) is 24.3 Å². The molecule has 1 aromatic carbocycles. The number of phenols is 1.